The molecule has 0 heterocycles. The van der Waals surface area contributed by atoms with E-state index in [-0.39, 0.29) is 28.1 Å². The fourth-order valence-electron chi connectivity index (χ4n) is 2.02. The first-order valence-electron chi connectivity index (χ1n) is 6.98. The van der Waals surface area contributed by atoms with Gasteiger partial charge in [0.1, 0.15) is 5.75 Å². The average Bonchev–Trinajstić information content (AvgIpc) is 2.54. The third-order valence-electron chi connectivity index (χ3n) is 3.04. The molecule has 0 radical (unpaired) electrons. The number of aromatic carboxylic acids is 2. The quantitative estimate of drug-likeness (QED) is 0.560. The number of anilines is 1. The first-order chi connectivity index (χ1) is 11.8. The third-order valence-corrected chi connectivity index (χ3v) is 3.04. The van der Waals surface area contributed by atoms with E-state index < -0.39 is 23.8 Å². The van der Waals surface area contributed by atoms with Gasteiger partial charge in [0.15, 0.2) is 0 Å². The lowest BCUT2D eigenvalue weighted by Crippen LogP contribution is -2.14. The van der Waals surface area contributed by atoms with Gasteiger partial charge in [0.05, 0.1) is 11.1 Å². The number of rotatable bonds is 5. The van der Waals surface area contributed by atoms with Crippen LogP contribution >= 0.6 is 0 Å². The summed E-state index contributed by atoms with van der Waals surface area (Å²) >= 11 is 0. The Morgan fingerprint density at radius 3 is 2.00 bits per heavy atom. The Kier molecular flexibility index (Phi) is 5.13. The molecule has 2 aromatic rings. The maximum atomic E-state index is 12.3. The normalized spacial score (nSPS) is 9.96. The topological polar surface area (TPSA) is 130 Å². The maximum absolute atomic E-state index is 12.3. The van der Waals surface area contributed by atoms with Crippen LogP contribution in [0.15, 0.2) is 42.5 Å². The molecule has 0 spiro atoms. The number of hydrogen-bond donors (Lipinski definition) is 3. The van der Waals surface area contributed by atoms with Gasteiger partial charge < -0.3 is 20.3 Å². The molecule has 8 nitrogen and oxygen atoms in total. The molecular formula is C17H13NO7. The van der Waals surface area contributed by atoms with Crippen LogP contribution in [0.3, 0.4) is 0 Å². The Hall–Kier alpha value is -3.68. The van der Waals surface area contributed by atoms with E-state index in [2.05, 4.69) is 5.32 Å². The van der Waals surface area contributed by atoms with E-state index >= 15 is 0 Å². The molecule has 0 bridgehead atoms. The van der Waals surface area contributed by atoms with Crippen LogP contribution in [0.2, 0.25) is 0 Å². The van der Waals surface area contributed by atoms with Gasteiger partial charge in [0.25, 0.3) is 5.91 Å². The fourth-order valence-corrected chi connectivity index (χ4v) is 2.02. The van der Waals surface area contributed by atoms with E-state index in [0.717, 1.165) is 18.2 Å². The summed E-state index contributed by atoms with van der Waals surface area (Å²) in [5.74, 6) is -3.64. The molecule has 2 rings (SSSR count). The first-order valence-corrected chi connectivity index (χ1v) is 6.98. The van der Waals surface area contributed by atoms with Gasteiger partial charge in [-0.15, -0.1) is 0 Å². The second-order valence-electron chi connectivity index (χ2n) is 4.98. The van der Waals surface area contributed by atoms with Crippen molar-refractivity contribution < 1.29 is 34.1 Å². The third kappa shape index (κ3) is 4.64. The molecular weight excluding hydrogens is 330 g/mol. The van der Waals surface area contributed by atoms with Crippen LogP contribution in [-0.4, -0.2) is 34.0 Å². The summed E-state index contributed by atoms with van der Waals surface area (Å²) in [7, 11) is 0. The lowest BCUT2D eigenvalue weighted by molar-refractivity contribution is -0.131. The molecule has 3 N–H and O–H groups in total. The zero-order valence-electron chi connectivity index (χ0n) is 13.0. The SMILES string of the molecule is CC(=O)Oc1cccc(C(=O)Nc2cc(C(=O)O)cc(C(=O)O)c2)c1. The minimum Gasteiger partial charge on any atom is -0.478 e. The second kappa shape index (κ2) is 7.26. The summed E-state index contributed by atoms with van der Waals surface area (Å²) in [6, 6.07) is 9.06. The van der Waals surface area contributed by atoms with Gasteiger partial charge in [-0.05, 0) is 36.4 Å². The van der Waals surface area contributed by atoms with Gasteiger partial charge in [0.2, 0.25) is 0 Å². The van der Waals surface area contributed by atoms with E-state index in [1.54, 1.807) is 0 Å². The van der Waals surface area contributed by atoms with E-state index in [4.69, 9.17) is 14.9 Å². The molecule has 0 atom stereocenters. The molecule has 0 aliphatic heterocycles. The van der Waals surface area contributed by atoms with Crippen molar-refractivity contribution in [1.29, 1.82) is 0 Å². The number of carbonyl (C=O) groups excluding carboxylic acids is 2. The predicted molar refractivity (Wildman–Crippen MR) is 86.1 cm³/mol. The number of benzene rings is 2. The summed E-state index contributed by atoms with van der Waals surface area (Å²) in [6.07, 6.45) is 0. The minimum atomic E-state index is -1.32. The van der Waals surface area contributed by atoms with Crippen LogP contribution < -0.4 is 10.1 Å². The van der Waals surface area contributed by atoms with Gasteiger partial charge in [-0.2, -0.15) is 0 Å². The Bertz CT molecular complexity index is 841. The van der Waals surface area contributed by atoms with Crippen LogP contribution in [0.5, 0.6) is 5.75 Å². The molecule has 0 unspecified atom stereocenters. The number of amides is 1. The molecule has 0 saturated carbocycles. The van der Waals surface area contributed by atoms with Crippen molar-refractivity contribution in [2.75, 3.05) is 5.32 Å². The van der Waals surface area contributed by atoms with Crippen LogP contribution in [0.25, 0.3) is 0 Å². The van der Waals surface area contributed by atoms with Crippen LogP contribution in [0.4, 0.5) is 5.69 Å². The molecule has 25 heavy (non-hydrogen) atoms. The average molecular weight is 343 g/mol. The first kappa shape index (κ1) is 17.7. The van der Waals surface area contributed by atoms with Gasteiger partial charge in [0, 0.05) is 18.2 Å². The van der Waals surface area contributed by atoms with E-state index in [1.807, 2.05) is 0 Å². The second-order valence-corrected chi connectivity index (χ2v) is 4.98. The summed E-state index contributed by atoms with van der Waals surface area (Å²) in [6.45, 7) is 1.22. The Labute approximate surface area is 141 Å². The lowest BCUT2D eigenvalue weighted by Gasteiger charge is -2.09. The van der Waals surface area contributed by atoms with Crippen molar-refractivity contribution in [2.45, 2.75) is 6.92 Å². The zero-order chi connectivity index (χ0) is 18.6. The molecule has 2 aromatic carbocycles. The van der Waals surface area contributed by atoms with Crippen LogP contribution in [0.1, 0.15) is 38.0 Å². The summed E-state index contributed by atoms with van der Waals surface area (Å²) < 4.78 is 4.88. The highest BCUT2D eigenvalue weighted by molar-refractivity contribution is 6.06. The summed E-state index contributed by atoms with van der Waals surface area (Å²) in [5, 5.41) is 20.5. The standard InChI is InChI=1S/C17H13NO7/c1-9(19)25-14-4-2-3-10(8-14)15(20)18-13-6-11(16(21)22)5-12(7-13)17(23)24/h2-8H,1H3,(H,18,20)(H,21,22)(H,23,24). The fraction of sp³-hybridized carbons (Fsp3) is 0.0588. The van der Waals surface area contributed by atoms with E-state index in [0.29, 0.717) is 0 Å². The number of carboxylic acid groups (broad SMARTS) is 2. The van der Waals surface area contributed by atoms with Gasteiger partial charge in [-0.25, -0.2) is 9.59 Å². The monoisotopic (exact) mass is 343 g/mol. The molecule has 0 aliphatic carbocycles. The molecule has 0 saturated heterocycles. The molecule has 0 aromatic heterocycles. The number of ether oxygens (including phenoxy) is 1. The highest BCUT2D eigenvalue weighted by Crippen LogP contribution is 2.18. The lowest BCUT2D eigenvalue weighted by atomic mass is 10.1. The molecule has 128 valence electrons. The predicted octanol–water partition coefficient (Wildman–Crippen LogP) is 2.26. The molecule has 1 amide bonds. The van der Waals surface area contributed by atoms with E-state index in [9.17, 15) is 19.2 Å². The Balaban J connectivity index is 2.29. The van der Waals surface area contributed by atoms with Crippen molar-refractivity contribution in [3.63, 3.8) is 0 Å². The summed E-state index contributed by atoms with van der Waals surface area (Å²) in [4.78, 5) is 45.4. The molecule has 8 heteroatoms. The van der Waals surface area contributed by atoms with Gasteiger partial charge >= 0.3 is 17.9 Å². The number of carbonyl (C=O) groups is 4. The largest absolute Gasteiger partial charge is 0.478 e. The highest BCUT2D eigenvalue weighted by atomic mass is 16.5. The number of esters is 1. The Morgan fingerprint density at radius 2 is 1.48 bits per heavy atom. The number of carboxylic acids is 2. The molecule has 0 fully saturated rings. The number of hydrogen-bond acceptors (Lipinski definition) is 5. The van der Waals surface area contributed by atoms with Crippen molar-refractivity contribution in [3.05, 3.63) is 59.2 Å². The number of nitrogens with one attached hydrogen (secondary N) is 1. The van der Waals surface area contributed by atoms with Crippen molar-refractivity contribution in [3.8, 4) is 5.75 Å². The summed E-state index contributed by atoms with van der Waals surface area (Å²) in [5.41, 5.74) is -0.385. The van der Waals surface area contributed by atoms with E-state index in [1.165, 1.54) is 31.2 Å². The minimum absolute atomic E-state index is 0.0141. The van der Waals surface area contributed by atoms with Crippen molar-refractivity contribution >= 4 is 29.5 Å². The zero-order valence-corrected chi connectivity index (χ0v) is 13.0. The maximum Gasteiger partial charge on any atom is 0.335 e. The van der Waals surface area contributed by atoms with Gasteiger partial charge in [-0.1, -0.05) is 6.07 Å². The highest BCUT2D eigenvalue weighted by Gasteiger charge is 2.14. The molecule has 0 aliphatic rings. The van der Waals surface area contributed by atoms with Gasteiger partial charge in [-0.3, -0.25) is 9.59 Å². The van der Waals surface area contributed by atoms with Crippen molar-refractivity contribution in [1.82, 2.24) is 0 Å². The van der Waals surface area contributed by atoms with Crippen LogP contribution in [-0.2, 0) is 4.79 Å². The van der Waals surface area contributed by atoms with Crippen LogP contribution in [0, 0.1) is 0 Å². The smallest absolute Gasteiger partial charge is 0.335 e. The van der Waals surface area contributed by atoms with Crippen molar-refractivity contribution in [2.24, 2.45) is 0 Å². The Morgan fingerprint density at radius 1 is 0.880 bits per heavy atom.